The third-order valence-electron chi connectivity index (χ3n) is 6.36. The molecule has 172 valence electrons. The van der Waals surface area contributed by atoms with Crippen LogP contribution in [-0.4, -0.2) is 10.9 Å². The molecule has 1 N–H and O–H groups in total. The summed E-state index contributed by atoms with van der Waals surface area (Å²) in [5, 5.41) is 3.67. The average molecular weight is 461 g/mol. The second-order valence-corrected chi connectivity index (χ2v) is 8.74. The first-order valence-corrected chi connectivity index (χ1v) is 11.6. The van der Waals surface area contributed by atoms with E-state index in [0.29, 0.717) is 22.2 Å². The van der Waals surface area contributed by atoms with Crippen LogP contribution in [0.5, 0.6) is 0 Å². The molecule has 4 aromatic carbocycles. The number of benzene rings is 4. The van der Waals surface area contributed by atoms with Gasteiger partial charge in [-0.05, 0) is 66.4 Å². The Morgan fingerprint density at radius 2 is 1.43 bits per heavy atom. The van der Waals surface area contributed by atoms with Gasteiger partial charge in [0.25, 0.3) is 5.91 Å². The predicted molar refractivity (Wildman–Crippen MR) is 139 cm³/mol. The molecular weight excluding hydrogens is 435 g/mol. The minimum absolute atomic E-state index is 0.286. The van der Waals surface area contributed by atoms with Gasteiger partial charge in [-0.3, -0.25) is 4.79 Å². The Kier molecular flexibility index (Phi) is 6.11. The molecule has 5 rings (SSSR count). The summed E-state index contributed by atoms with van der Waals surface area (Å²) in [6.45, 7) is 4.11. The quantitative estimate of drug-likeness (QED) is 0.302. The molecule has 0 saturated heterocycles. The summed E-state index contributed by atoms with van der Waals surface area (Å²) in [6, 6.07) is 31.5. The van der Waals surface area contributed by atoms with E-state index >= 15 is 0 Å². The second-order valence-electron chi connectivity index (χ2n) is 8.74. The van der Waals surface area contributed by atoms with Gasteiger partial charge >= 0.3 is 0 Å². The highest BCUT2D eigenvalue weighted by atomic mass is 19.1. The molecule has 1 aromatic heterocycles. The van der Waals surface area contributed by atoms with Gasteiger partial charge in [0.2, 0.25) is 0 Å². The van der Waals surface area contributed by atoms with Gasteiger partial charge in [-0.15, -0.1) is 0 Å². The zero-order chi connectivity index (χ0) is 24.4. The molecule has 3 nitrogen and oxygen atoms in total. The normalized spacial score (nSPS) is 11.1. The predicted octanol–water partition coefficient (Wildman–Crippen LogP) is 7.18. The van der Waals surface area contributed by atoms with Gasteiger partial charge in [-0.25, -0.2) is 9.37 Å². The first kappa shape index (κ1) is 22.5. The second kappa shape index (κ2) is 9.51. The maximum Gasteiger partial charge on any atom is 0.252 e. The van der Waals surface area contributed by atoms with Crippen molar-refractivity contribution >= 4 is 16.8 Å². The fraction of sp³-hybridized carbons (Fsp3) is 0.0968. The van der Waals surface area contributed by atoms with Crippen LogP contribution in [0, 0.1) is 19.7 Å². The lowest BCUT2D eigenvalue weighted by molar-refractivity contribution is 0.0944. The number of hydrogen-bond donors (Lipinski definition) is 1. The van der Waals surface area contributed by atoms with Crippen LogP contribution in [0.3, 0.4) is 0 Å². The van der Waals surface area contributed by atoms with Crippen LogP contribution in [0.1, 0.15) is 38.7 Å². The third-order valence-corrected chi connectivity index (χ3v) is 6.36. The summed E-state index contributed by atoms with van der Waals surface area (Å²) in [4.78, 5) is 18.5. The van der Waals surface area contributed by atoms with Crippen molar-refractivity contribution in [3.05, 3.63) is 137 Å². The van der Waals surface area contributed by atoms with Crippen molar-refractivity contribution in [2.45, 2.75) is 19.9 Å². The zero-order valence-corrected chi connectivity index (χ0v) is 19.6. The number of aromatic nitrogens is 1. The minimum atomic E-state index is -0.407. The SMILES string of the molecule is Cc1ccc(-c2cc(C(=O)NC(c3ccccc3)c3ccccc3)c3cc(F)ccc3n2)cc1C. The number of carbonyl (C=O) groups excluding carboxylic acids is 1. The van der Waals surface area contributed by atoms with Gasteiger partial charge in [0.15, 0.2) is 0 Å². The molecule has 4 heteroatoms. The summed E-state index contributed by atoms with van der Waals surface area (Å²) in [5.74, 6) is -0.694. The first-order valence-electron chi connectivity index (χ1n) is 11.6. The van der Waals surface area contributed by atoms with Crippen LogP contribution >= 0.6 is 0 Å². The lowest BCUT2D eigenvalue weighted by Gasteiger charge is -2.21. The van der Waals surface area contributed by atoms with Crippen LogP contribution in [-0.2, 0) is 0 Å². The van der Waals surface area contributed by atoms with Gasteiger partial charge in [0.05, 0.1) is 22.8 Å². The molecule has 0 atom stereocenters. The summed E-state index contributed by atoms with van der Waals surface area (Å²) in [6.07, 6.45) is 0. The molecule has 1 amide bonds. The molecule has 0 radical (unpaired) electrons. The number of aryl methyl sites for hydroxylation is 2. The van der Waals surface area contributed by atoms with E-state index < -0.39 is 5.82 Å². The monoisotopic (exact) mass is 460 g/mol. The van der Waals surface area contributed by atoms with Crippen molar-refractivity contribution in [3.63, 3.8) is 0 Å². The van der Waals surface area contributed by atoms with Crippen LogP contribution < -0.4 is 5.32 Å². The fourth-order valence-electron chi connectivity index (χ4n) is 4.29. The number of amides is 1. The van der Waals surface area contributed by atoms with E-state index in [1.807, 2.05) is 79.7 Å². The van der Waals surface area contributed by atoms with Crippen molar-refractivity contribution in [2.24, 2.45) is 0 Å². The molecule has 0 bridgehead atoms. The molecular formula is C31H25FN2O. The smallest absolute Gasteiger partial charge is 0.252 e. The number of fused-ring (bicyclic) bond motifs is 1. The van der Waals surface area contributed by atoms with Gasteiger partial charge < -0.3 is 5.32 Å². The Morgan fingerprint density at radius 3 is 2.06 bits per heavy atom. The third kappa shape index (κ3) is 4.69. The number of nitrogens with one attached hydrogen (secondary N) is 1. The van der Waals surface area contributed by atoms with Crippen molar-refractivity contribution < 1.29 is 9.18 Å². The largest absolute Gasteiger partial charge is 0.341 e. The molecule has 0 fully saturated rings. The topological polar surface area (TPSA) is 42.0 Å². The Bertz CT molecular complexity index is 1470. The minimum Gasteiger partial charge on any atom is -0.341 e. The van der Waals surface area contributed by atoms with Gasteiger partial charge in [0, 0.05) is 10.9 Å². The number of halogens is 1. The van der Waals surface area contributed by atoms with Crippen molar-refractivity contribution in [1.82, 2.24) is 10.3 Å². The van der Waals surface area contributed by atoms with Gasteiger partial charge in [-0.1, -0.05) is 72.8 Å². The Labute approximate surface area is 204 Å². The number of pyridine rings is 1. The van der Waals surface area contributed by atoms with E-state index in [0.717, 1.165) is 22.3 Å². The van der Waals surface area contributed by atoms with Crippen molar-refractivity contribution in [2.75, 3.05) is 0 Å². The summed E-state index contributed by atoms with van der Waals surface area (Å²) >= 11 is 0. The average Bonchev–Trinajstić information content (AvgIpc) is 2.89. The molecule has 0 saturated carbocycles. The molecule has 0 aliphatic rings. The molecule has 0 aliphatic carbocycles. The van der Waals surface area contributed by atoms with Crippen LogP contribution in [0.2, 0.25) is 0 Å². The number of hydrogen-bond acceptors (Lipinski definition) is 2. The molecule has 35 heavy (non-hydrogen) atoms. The first-order chi connectivity index (χ1) is 17.0. The highest BCUT2D eigenvalue weighted by molar-refractivity contribution is 6.07. The highest BCUT2D eigenvalue weighted by Gasteiger charge is 2.21. The van der Waals surface area contributed by atoms with E-state index in [4.69, 9.17) is 4.98 Å². The molecule has 5 aromatic rings. The molecule has 0 aliphatic heterocycles. The lowest BCUT2D eigenvalue weighted by atomic mass is 9.97. The lowest BCUT2D eigenvalue weighted by Crippen LogP contribution is -2.29. The number of carbonyl (C=O) groups is 1. The standard InChI is InChI=1S/C31H25FN2O/c1-20-13-14-24(17-21(20)2)29-19-27(26-18-25(32)15-16-28(26)33-29)31(35)34-30(22-9-5-3-6-10-22)23-11-7-4-8-12-23/h3-19,30H,1-2H3,(H,34,35). The zero-order valence-electron chi connectivity index (χ0n) is 19.6. The van der Waals surface area contributed by atoms with E-state index in [9.17, 15) is 9.18 Å². The van der Waals surface area contributed by atoms with Gasteiger partial charge in [0.1, 0.15) is 5.82 Å². The number of nitrogens with zero attached hydrogens (tertiary/aromatic N) is 1. The Hall–Kier alpha value is -4.31. The van der Waals surface area contributed by atoms with Crippen LogP contribution in [0.15, 0.2) is 103 Å². The van der Waals surface area contributed by atoms with E-state index in [2.05, 4.69) is 18.3 Å². The van der Waals surface area contributed by atoms with Crippen molar-refractivity contribution in [3.8, 4) is 11.3 Å². The maximum absolute atomic E-state index is 14.2. The van der Waals surface area contributed by atoms with Gasteiger partial charge in [-0.2, -0.15) is 0 Å². The van der Waals surface area contributed by atoms with E-state index in [-0.39, 0.29) is 11.9 Å². The van der Waals surface area contributed by atoms with Crippen LogP contribution in [0.4, 0.5) is 4.39 Å². The summed E-state index contributed by atoms with van der Waals surface area (Å²) in [7, 11) is 0. The fourth-order valence-corrected chi connectivity index (χ4v) is 4.29. The summed E-state index contributed by atoms with van der Waals surface area (Å²) in [5.41, 5.74) is 6.80. The molecule has 1 heterocycles. The van der Waals surface area contributed by atoms with Crippen molar-refractivity contribution in [1.29, 1.82) is 0 Å². The molecule has 0 unspecified atom stereocenters. The molecule has 0 spiro atoms. The van der Waals surface area contributed by atoms with E-state index in [1.54, 1.807) is 12.1 Å². The summed E-state index contributed by atoms with van der Waals surface area (Å²) < 4.78 is 14.2. The van der Waals surface area contributed by atoms with Crippen LogP contribution in [0.25, 0.3) is 22.2 Å². The highest BCUT2D eigenvalue weighted by Crippen LogP contribution is 2.28. The Balaban J connectivity index is 1.62. The number of rotatable bonds is 5. The maximum atomic E-state index is 14.2. The Morgan fingerprint density at radius 1 is 0.771 bits per heavy atom. The van der Waals surface area contributed by atoms with E-state index in [1.165, 1.54) is 17.7 Å².